The number of benzene rings is 1. The molecule has 0 heterocycles. The second-order valence-corrected chi connectivity index (χ2v) is 5.58. The normalized spacial score (nSPS) is 16.6. The van der Waals surface area contributed by atoms with Crippen molar-refractivity contribution in [3.05, 3.63) is 29.3 Å². The maximum atomic E-state index is 12.3. The Balaban J connectivity index is 2.05. The Labute approximate surface area is 114 Å². The lowest BCUT2D eigenvalue weighted by Crippen LogP contribution is -2.41. The van der Waals surface area contributed by atoms with Crippen LogP contribution in [0.2, 0.25) is 0 Å². The van der Waals surface area contributed by atoms with E-state index in [1.807, 2.05) is 25.1 Å². The molecule has 1 aliphatic carbocycles. The Bertz CT molecular complexity index is 461. The first-order valence-corrected chi connectivity index (χ1v) is 6.96. The number of amides is 1. The Morgan fingerprint density at radius 3 is 2.68 bits per heavy atom. The molecule has 104 valence electrons. The molecule has 0 atom stereocenters. The molecule has 4 heteroatoms. The number of hydrazine groups is 1. The topological polar surface area (TPSA) is 67.2 Å². The Kier molecular flexibility index (Phi) is 4.10. The molecule has 1 saturated carbocycles. The summed E-state index contributed by atoms with van der Waals surface area (Å²) in [6.07, 6.45) is 4.85. The summed E-state index contributed by atoms with van der Waals surface area (Å²) in [6, 6.07) is 5.64. The Morgan fingerprint density at radius 1 is 1.42 bits per heavy atom. The number of aryl methyl sites for hydroxylation is 1. The summed E-state index contributed by atoms with van der Waals surface area (Å²) in [6.45, 7) is 4.93. The van der Waals surface area contributed by atoms with Crippen LogP contribution in [0, 0.1) is 12.3 Å². The summed E-state index contributed by atoms with van der Waals surface area (Å²) < 4.78 is 0. The van der Waals surface area contributed by atoms with Crippen LogP contribution in [0.25, 0.3) is 0 Å². The van der Waals surface area contributed by atoms with Gasteiger partial charge < -0.3 is 10.7 Å². The van der Waals surface area contributed by atoms with Crippen LogP contribution in [-0.4, -0.2) is 12.5 Å². The molecular formula is C15H23N3O. The molecule has 19 heavy (non-hydrogen) atoms. The van der Waals surface area contributed by atoms with Crippen molar-refractivity contribution in [2.45, 2.75) is 39.5 Å². The molecule has 1 aromatic carbocycles. The number of nitrogens with two attached hydrogens (primary N) is 1. The van der Waals surface area contributed by atoms with Crippen LogP contribution in [0.3, 0.4) is 0 Å². The van der Waals surface area contributed by atoms with Crippen LogP contribution in [0.1, 0.15) is 48.5 Å². The van der Waals surface area contributed by atoms with Crippen LogP contribution < -0.4 is 16.6 Å². The van der Waals surface area contributed by atoms with E-state index in [0.29, 0.717) is 16.7 Å². The number of hydrogen-bond acceptors (Lipinski definition) is 3. The van der Waals surface area contributed by atoms with Crippen molar-refractivity contribution in [2.75, 3.05) is 12.0 Å². The van der Waals surface area contributed by atoms with E-state index in [1.165, 1.54) is 19.3 Å². The van der Waals surface area contributed by atoms with Gasteiger partial charge >= 0.3 is 0 Å². The van der Waals surface area contributed by atoms with Gasteiger partial charge in [0.2, 0.25) is 0 Å². The van der Waals surface area contributed by atoms with Gasteiger partial charge in [0, 0.05) is 6.54 Å². The lowest BCUT2D eigenvalue weighted by molar-refractivity contribution is 0.0850. The number of rotatable bonds is 5. The molecule has 1 amide bonds. The van der Waals surface area contributed by atoms with Crippen LogP contribution in [0.5, 0.6) is 0 Å². The van der Waals surface area contributed by atoms with Gasteiger partial charge in [-0.15, -0.1) is 0 Å². The first kappa shape index (κ1) is 13.9. The van der Waals surface area contributed by atoms with E-state index in [2.05, 4.69) is 17.7 Å². The summed E-state index contributed by atoms with van der Waals surface area (Å²) in [4.78, 5) is 12.3. The lowest BCUT2D eigenvalue weighted by Gasteiger charge is -2.41. The van der Waals surface area contributed by atoms with Gasteiger partial charge in [0.25, 0.3) is 5.91 Å². The van der Waals surface area contributed by atoms with Gasteiger partial charge in [-0.2, -0.15) is 0 Å². The van der Waals surface area contributed by atoms with Crippen LogP contribution in [0.15, 0.2) is 18.2 Å². The number of nitrogen functional groups attached to an aromatic ring is 1. The average Bonchev–Trinajstić information content (AvgIpc) is 2.37. The molecule has 1 aromatic rings. The van der Waals surface area contributed by atoms with E-state index >= 15 is 0 Å². The number of carbonyl (C=O) groups excluding carboxylic acids is 1. The van der Waals surface area contributed by atoms with Crippen molar-refractivity contribution in [3.63, 3.8) is 0 Å². The summed E-state index contributed by atoms with van der Waals surface area (Å²) in [5.74, 6) is 5.41. The second kappa shape index (κ2) is 5.61. The molecule has 0 aromatic heterocycles. The minimum atomic E-state index is -0.0450. The summed E-state index contributed by atoms with van der Waals surface area (Å²) in [5, 5.41) is 3.06. The van der Waals surface area contributed by atoms with Gasteiger partial charge in [0.15, 0.2) is 0 Å². The first-order chi connectivity index (χ1) is 9.10. The van der Waals surface area contributed by atoms with Gasteiger partial charge in [0.1, 0.15) is 0 Å². The van der Waals surface area contributed by atoms with Crippen LogP contribution in [0.4, 0.5) is 5.69 Å². The van der Waals surface area contributed by atoms with Gasteiger partial charge in [-0.25, -0.2) is 0 Å². The smallest absolute Gasteiger partial charge is 0.253 e. The fraction of sp³-hybridized carbons (Fsp3) is 0.533. The van der Waals surface area contributed by atoms with Crippen molar-refractivity contribution in [2.24, 2.45) is 11.3 Å². The van der Waals surface area contributed by atoms with Gasteiger partial charge in [0.05, 0.1) is 11.3 Å². The highest BCUT2D eigenvalue weighted by Gasteiger charge is 2.35. The zero-order valence-corrected chi connectivity index (χ0v) is 11.8. The van der Waals surface area contributed by atoms with E-state index in [-0.39, 0.29) is 5.91 Å². The molecule has 0 unspecified atom stereocenters. The molecular weight excluding hydrogens is 238 g/mol. The first-order valence-electron chi connectivity index (χ1n) is 6.96. The molecule has 1 aliphatic rings. The Hall–Kier alpha value is -1.55. The van der Waals surface area contributed by atoms with Crippen molar-refractivity contribution >= 4 is 11.6 Å². The third-order valence-corrected chi connectivity index (χ3v) is 4.36. The van der Waals surface area contributed by atoms with Crippen molar-refractivity contribution in [1.82, 2.24) is 5.32 Å². The summed E-state index contributed by atoms with van der Waals surface area (Å²) in [5.41, 5.74) is 5.25. The van der Waals surface area contributed by atoms with E-state index in [9.17, 15) is 4.79 Å². The molecule has 0 radical (unpaired) electrons. The van der Waals surface area contributed by atoms with E-state index in [1.54, 1.807) is 0 Å². The zero-order valence-electron chi connectivity index (χ0n) is 11.8. The standard InChI is InChI=1S/C15H23N3O/c1-3-15(7-4-8-15)10-17-14(19)12-9-11(2)5-6-13(12)18-16/h5-6,9,18H,3-4,7-8,10,16H2,1-2H3,(H,17,19). The third-order valence-electron chi connectivity index (χ3n) is 4.36. The van der Waals surface area contributed by atoms with E-state index in [4.69, 9.17) is 5.84 Å². The molecule has 2 rings (SSSR count). The number of hydrogen-bond donors (Lipinski definition) is 3. The highest BCUT2D eigenvalue weighted by atomic mass is 16.1. The number of carbonyl (C=O) groups is 1. The SMILES string of the molecule is CCC1(CNC(=O)c2cc(C)ccc2NN)CCC1. The molecule has 0 aliphatic heterocycles. The molecule has 0 bridgehead atoms. The minimum Gasteiger partial charge on any atom is -0.351 e. The molecule has 0 spiro atoms. The van der Waals surface area contributed by atoms with Crippen LogP contribution in [-0.2, 0) is 0 Å². The van der Waals surface area contributed by atoms with Crippen molar-refractivity contribution in [3.8, 4) is 0 Å². The van der Waals surface area contributed by atoms with Gasteiger partial charge in [-0.1, -0.05) is 25.0 Å². The highest BCUT2D eigenvalue weighted by molar-refractivity contribution is 5.99. The number of anilines is 1. The maximum Gasteiger partial charge on any atom is 0.253 e. The predicted molar refractivity (Wildman–Crippen MR) is 77.9 cm³/mol. The second-order valence-electron chi connectivity index (χ2n) is 5.58. The quantitative estimate of drug-likeness (QED) is 0.564. The minimum absolute atomic E-state index is 0.0450. The molecule has 4 N–H and O–H groups in total. The number of nitrogens with one attached hydrogen (secondary N) is 2. The lowest BCUT2D eigenvalue weighted by atomic mass is 9.67. The Morgan fingerprint density at radius 2 is 2.16 bits per heavy atom. The summed E-state index contributed by atoms with van der Waals surface area (Å²) >= 11 is 0. The average molecular weight is 261 g/mol. The van der Waals surface area contributed by atoms with Gasteiger partial charge in [-0.3, -0.25) is 10.6 Å². The van der Waals surface area contributed by atoms with Crippen molar-refractivity contribution < 1.29 is 4.79 Å². The largest absolute Gasteiger partial charge is 0.351 e. The monoisotopic (exact) mass is 261 g/mol. The zero-order chi connectivity index (χ0) is 13.9. The van der Waals surface area contributed by atoms with Crippen molar-refractivity contribution in [1.29, 1.82) is 0 Å². The molecule has 4 nitrogen and oxygen atoms in total. The molecule has 0 saturated heterocycles. The van der Waals surface area contributed by atoms with Gasteiger partial charge in [-0.05, 0) is 43.7 Å². The molecule has 1 fully saturated rings. The van der Waals surface area contributed by atoms with E-state index in [0.717, 1.165) is 18.5 Å². The fourth-order valence-electron chi connectivity index (χ4n) is 2.67. The highest BCUT2D eigenvalue weighted by Crippen LogP contribution is 2.43. The summed E-state index contributed by atoms with van der Waals surface area (Å²) in [7, 11) is 0. The fourth-order valence-corrected chi connectivity index (χ4v) is 2.67. The third kappa shape index (κ3) is 2.89. The van der Waals surface area contributed by atoms with E-state index < -0.39 is 0 Å². The maximum absolute atomic E-state index is 12.3. The van der Waals surface area contributed by atoms with Crippen LogP contribution >= 0.6 is 0 Å². The predicted octanol–water partition coefficient (Wildman–Crippen LogP) is 2.59.